The molecule has 3 heterocycles. The number of fused-ring (bicyclic) bond motifs is 1. The highest BCUT2D eigenvalue weighted by molar-refractivity contribution is 8.02. The van der Waals surface area contributed by atoms with Gasteiger partial charge in [-0.25, -0.2) is 0 Å². The maximum absolute atomic E-state index is 13.5. The lowest BCUT2D eigenvalue weighted by Gasteiger charge is -2.39. The summed E-state index contributed by atoms with van der Waals surface area (Å²) in [7, 11) is 0. The standard InChI is InChI=1S/C19H30N2O5S/c1-6-26-18(25)13-12-7-10(4)19(27-12)14(13)17(24)21(11(5)8-22)15(19)16(23)20-9(2)3/h9-15,22H,6-8H2,1-5H3,(H,20,23)/t10?,11-,12+,13-,14+,15?,19?/m1/s1. The lowest BCUT2D eigenvalue weighted by molar-refractivity contribution is -0.154. The highest BCUT2D eigenvalue weighted by atomic mass is 32.2. The van der Waals surface area contributed by atoms with Crippen molar-refractivity contribution in [1.82, 2.24) is 10.2 Å². The summed E-state index contributed by atoms with van der Waals surface area (Å²) in [6.07, 6.45) is 0.782. The van der Waals surface area contributed by atoms with Gasteiger partial charge in [0.05, 0.1) is 35.8 Å². The summed E-state index contributed by atoms with van der Waals surface area (Å²) in [6, 6.07) is -1.24. The van der Waals surface area contributed by atoms with Gasteiger partial charge < -0.3 is 20.1 Å². The number of ether oxygens (including phenoxy) is 1. The minimum Gasteiger partial charge on any atom is -0.466 e. The molecule has 3 fully saturated rings. The number of amides is 2. The van der Waals surface area contributed by atoms with Gasteiger partial charge in [-0.05, 0) is 40.0 Å². The molecular weight excluding hydrogens is 368 g/mol. The fourth-order valence-corrected chi connectivity index (χ4v) is 7.59. The molecule has 3 aliphatic rings. The fourth-order valence-electron chi connectivity index (χ4n) is 5.19. The molecule has 7 atom stereocenters. The summed E-state index contributed by atoms with van der Waals surface area (Å²) >= 11 is 1.61. The second-order valence-corrected chi connectivity index (χ2v) is 9.79. The van der Waals surface area contributed by atoms with Gasteiger partial charge in [0.25, 0.3) is 0 Å². The molecule has 0 aliphatic carbocycles. The Balaban J connectivity index is 2.07. The zero-order chi connectivity index (χ0) is 20.1. The van der Waals surface area contributed by atoms with Gasteiger partial charge in [-0.1, -0.05) is 6.92 Å². The molecule has 0 radical (unpaired) electrons. The second-order valence-electron chi connectivity index (χ2n) is 8.25. The van der Waals surface area contributed by atoms with Crippen LogP contribution in [0.4, 0.5) is 0 Å². The van der Waals surface area contributed by atoms with Crippen LogP contribution in [0.25, 0.3) is 0 Å². The number of hydrogen-bond donors (Lipinski definition) is 2. The lowest BCUT2D eigenvalue weighted by atomic mass is 9.66. The first-order chi connectivity index (χ1) is 12.7. The van der Waals surface area contributed by atoms with Crippen LogP contribution >= 0.6 is 11.8 Å². The van der Waals surface area contributed by atoms with Crippen molar-refractivity contribution in [2.24, 2.45) is 17.8 Å². The SMILES string of the molecule is CCOC(=O)[C@@H]1[C@@H]2CC(C)C3(S2)C(C(=O)NC(C)C)N([C@H](C)CO)C(=O)[C@H]13. The smallest absolute Gasteiger partial charge is 0.310 e. The van der Waals surface area contributed by atoms with Gasteiger partial charge >= 0.3 is 5.97 Å². The summed E-state index contributed by atoms with van der Waals surface area (Å²) in [6.45, 7) is 9.37. The molecule has 8 heteroatoms. The Labute approximate surface area is 164 Å². The molecule has 2 N–H and O–H groups in total. The van der Waals surface area contributed by atoms with E-state index in [1.54, 1.807) is 25.6 Å². The van der Waals surface area contributed by atoms with Crippen LogP contribution in [0.1, 0.15) is 41.0 Å². The van der Waals surface area contributed by atoms with Gasteiger partial charge in [0, 0.05) is 11.3 Å². The number of aliphatic hydroxyl groups is 1. The van der Waals surface area contributed by atoms with Crippen molar-refractivity contribution in [2.45, 2.75) is 69.2 Å². The summed E-state index contributed by atoms with van der Waals surface area (Å²) < 4.78 is 4.63. The number of thioether (sulfide) groups is 1. The Morgan fingerprint density at radius 3 is 2.63 bits per heavy atom. The third kappa shape index (κ3) is 2.87. The predicted octanol–water partition coefficient (Wildman–Crippen LogP) is 0.792. The van der Waals surface area contributed by atoms with E-state index in [4.69, 9.17) is 4.74 Å². The van der Waals surface area contributed by atoms with Crippen molar-refractivity contribution in [3.8, 4) is 0 Å². The quantitative estimate of drug-likeness (QED) is 0.643. The number of carbonyl (C=O) groups excluding carboxylic acids is 3. The van der Waals surface area contributed by atoms with E-state index in [0.29, 0.717) is 0 Å². The Bertz CT molecular complexity index is 642. The van der Waals surface area contributed by atoms with E-state index in [-0.39, 0.29) is 48.2 Å². The first-order valence-corrected chi connectivity index (χ1v) is 10.7. The van der Waals surface area contributed by atoms with E-state index in [9.17, 15) is 19.5 Å². The number of rotatable bonds is 6. The van der Waals surface area contributed by atoms with Crippen LogP contribution in [-0.2, 0) is 19.1 Å². The fraction of sp³-hybridized carbons (Fsp3) is 0.842. The van der Waals surface area contributed by atoms with E-state index in [1.807, 2.05) is 13.8 Å². The van der Waals surface area contributed by atoms with Crippen LogP contribution in [0, 0.1) is 17.8 Å². The van der Waals surface area contributed by atoms with Gasteiger partial charge in [0.15, 0.2) is 0 Å². The molecule has 3 unspecified atom stereocenters. The van der Waals surface area contributed by atoms with Gasteiger partial charge in [-0.2, -0.15) is 0 Å². The molecule has 0 aromatic heterocycles. The molecule has 0 aromatic rings. The first-order valence-electron chi connectivity index (χ1n) is 9.78. The average molecular weight is 399 g/mol. The van der Waals surface area contributed by atoms with Gasteiger partial charge in [0.2, 0.25) is 11.8 Å². The largest absolute Gasteiger partial charge is 0.466 e. The zero-order valence-electron chi connectivity index (χ0n) is 16.6. The van der Waals surface area contributed by atoms with Crippen molar-refractivity contribution in [1.29, 1.82) is 0 Å². The second kappa shape index (κ2) is 7.28. The average Bonchev–Trinajstić information content (AvgIpc) is 3.17. The van der Waals surface area contributed by atoms with Crippen molar-refractivity contribution in [2.75, 3.05) is 13.2 Å². The Morgan fingerprint density at radius 2 is 2.07 bits per heavy atom. The molecule has 152 valence electrons. The predicted molar refractivity (Wildman–Crippen MR) is 102 cm³/mol. The number of likely N-dealkylation sites (tertiary alicyclic amines) is 1. The zero-order valence-corrected chi connectivity index (χ0v) is 17.4. The molecule has 7 nitrogen and oxygen atoms in total. The van der Waals surface area contributed by atoms with E-state index >= 15 is 0 Å². The van der Waals surface area contributed by atoms with Crippen molar-refractivity contribution in [3.63, 3.8) is 0 Å². The van der Waals surface area contributed by atoms with Gasteiger partial charge in [-0.3, -0.25) is 14.4 Å². The normalized spacial score (nSPS) is 38.3. The monoisotopic (exact) mass is 398 g/mol. The first kappa shape index (κ1) is 20.5. The highest BCUT2D eigenvalue weighted by Crippen LogP contribution is 2.68. The van der Waals surface area contributed by atoms with Gasteiger partial charge in [0.1, 0.15) is 6.04 Å². The number of nitrogens with zero attached hydrogens (tertiary/aromatic N) is 1. The van der Waals surface area contributed by atoms with Crippen LogP contribution in [0.15, 0.2) is 0 Å². The summed E-state index contributed by atoms with van der Waals surface area (Å²) in [5, 5.41) is 12.7. The number of hydrogen-bond acceptors (Lipinski definition) is 6. The maximum Gasteiger partial charge on any atom is 0.310 e. The van der Waals surface area contributed by atoms with E-state index in [0.717, 1.165) is 6.42 Å². The van der Waals surface area contributed by atoms with Crippen LogP contribution in [0.2, 0.25) is 0 Å². The highest BCUT2D eigenvalue weighted by Gasteiger charge is 2.76. The molecule has 1 spiro atoms. The van der Waals surface area contributed by atoms with Crippen LogP contribution in [-0.4, -0.2) is 69.1 Å². The Morgan fingerprint density at radius 1 is 1.41 bits per heavy atom. The summed E-state index contributed by atoms with van der Waals surface area (Å²) in [5.74, 6) is -1.74. The third-order valence-corrected chi connectivity index (χ3v) is 8.24. The van der Waals surface area contributed by atoms with Crippen molar-refractivity contribution in [3.05, 3.63) is 0 Å². The molecule has 2 amide bonds. The minimum absolute atomic E-state index is 0.00562. The van der Waals surface area contributed by atoms with Crippen LogP contribution in [0.5, 0.6) is 0 Å². The summed E-state index contributed by atoms with van der Waals surface area (Å²) in [5.41, 5.74) is 0. The van der Waals surface area contributed by atoms with Gasteiger partial charge in [-0.15, -0.1) is 11.8 Å². The maximum atomic E-state index is 13.5. The van der Waals surface area contributed by atoms with Crippen LogP contribution < -0.4 is 5.32 Å². The summed E-state index contributed by atoms with van der Waals surface area (Å²) in [4.78, 5) is 40.8. The minimum atomic E-state index is -0.691. The Kier molecular flexibility index (Phi) is 5.51. The number of aliphatic hydroxyl groups excluding tert-OH is 1. The van der Waals surface area contributed by atoms with E-state index < -0.39 is 28.7 Å². The molecule has 3 saturated heterocycles. The number of carbonyl (C=O) groups is 3. The molecule has 3 rings (SSSR count). The molecular formula is C19H30N2O5S. The number of esters is 1. The van der Waals surface area contributed by atoms with E-state index in [1.165, 1.54) is 4.90 Å². The van der Waals surface area contributed by atoms with E-state index in [2.05, 4.69) is 12.2 Å². The van der Waals surface area contributed by atoms with Crippen LogP contribution in [0.3, 0.4) is 0 Å². The third-order valence-electron chi connectivity index (χ3n) is 6.16. The molecule has 3 aliphatic heterocycles. The Hall–Kier alpha value is -1.28. The van der Waals surface area contributed by atoms with Crippen molar-refractivity contribution < 1.29 is 24.2 Å². The molecule has 2 bridgehead atoms. The topological polar surface area (TPSA) is 95.9 Å². The van der Waals surface area contributed by atoms with Crippen molar-refractivity contribution >= 4 is 29.5 Å². The lowest BCUT2D eigenvalue weighted by Crippen LogP contribution is -2.58. The molecule has 27 heavy (non-hydrogen) atoms. The number of nitrogens with one attached hydrogen (secondary N) is 1. The molecule has 0 aromatic carbocycles. The molecule has 0 saturated carbocycles.